The van der Waals surface area contributed by atoms with E-state index in [2.05, 4.69) is 10.3 Å². The molecule has 2 rings (SSSR count). The van der Waals surface area contributed by atoms with Crippen LogP contribution in [-0.2, 0) is 0 Å². The van der Waals surface area contributed by atoms with Gasteiger partial charge in [-0.3, -0.25) is 0 Å². The van der Waals surface area contributed by atoms with Crippen LogP contribution in [0.4, 0.5) is 0 Å². The molecule has 0 spiro atoms. The summed E-state index contributed by atoms with van der Waals surface area (Å²) in [6.07, 6.45) is 2.92. The number of nitrogens with zero attached hydrogens (tertiary/aromatic N) is 2. The second-order valence-electron chi connectivity index (χ2n) is 6.18. The van der Waals surface area contributed by atoms with Crippen molar-refractivity contribution in [2.24, 2.45) is 10.3 Å². The van der Waals surface area contributed by atoms with E-state index >= 15 is 0 Å². The van der Waals surface area contributed by atoms with E-state index in [4.69, 9.17) is 19.9 Å². The van der Waals surface area contributed by atoms with Gasteiger partial charge in [-0.2, -0.15) is 0 Å². The van der Waals surface area contributed by atoms with Crippen LogP contribution in [0.5, 0.6) is 11.5 Å². The van der Waals surface area contributed by atoms with Gasteiger partial charge in [0.25, 0.3) is 0 Å². The van der Waals surface area contributed by atoms with Crippen LogP contribution in [0.1, 0.15) is 44.2 Å². The summed E-state index contributed by atoms with van der Waals surface area (Å²) < 4.78 is 11.4. The van der Waals surface area contributed by atoms with Crippen molar-refractivity contribution in [1.29, 1.82) is 0 Å². The van der Waals surface area contributed by atoms with E-state index in [9.17, 15) is 0 Å². The summed E-state index contributed by atoms with van der Waals surface area (Å²) in [5.74, 6) is 1.62. The Morgan fingerprint density at radius 3 is 1.37 bits per heavy atom. The van der Waals surface area contributed by atoms with Gasteiger partial charge in [0.15, 0.2) is 0 Å². The smallest absolute Gasteiger partial charge is 0.119 e. The van der Waals surface area contributed by atoms with E-state index < -0.39 is 0 Å². The summed E-state index contributed by atoms with van der Waals surface area (Å²) >= 11 is 0. The lowest BCUT2D eigenvalue weighted by Gasteiger charge is -2.08. The van der Waals surface area contributed by atoms with Gasteiger partial charge in [-0.25, -0.2) is 0 Å². The summed E-state index contributed by atoms with van der Waals surface area (Å²) in [4.78, 5) is 0. The average Bonchev–Trinajstić information content (AvgIpc) is 2.72. The lowest BCUT2D eigenvalue weighted by molar-refractivity contribution is 0.279. The number of ether oxygens (including phenoxy) is 2. The van der Waals surface area contributed by atoms with Gasteiger partial charge in [-0.1, -0.05) is 10.3 Å². The highest BCUT2D eigenvalue weighted by Crippen LogP contribution is 2.15. The molecule has 6 heteroatoms. The molecule has 0 aliphatic rings. The molecule has 2 aromatic carbocycles. The van der Waals surface area contributed by atoms with E-state index in [1.54, 1.807) is 13.8 Å². The van der Waals surface area contributed by atoms with Crippen LogP contribution >= 0.6 is 0 Å². The fourth-order valence-corrected chi connectivity index (χ4v) is 2.46. The van der Waals surface area contributed by atoms with Crippen molar-refractivity contribution in [3.8, 4) is 11.5 Å². The largest absolute Gasteiger partial charge is 0.494 e. The third-order valence-electron chi connectivity index (χ3n) is 4.17. The van der Waals surface area contributed by atoms with E-state index in [1.807, 2.05) is 48.5 Å². The average molecular weight is 370 g/mol. The number of benzene rings is 2. The van der Waals surface area contributed by atoms with Gasteiger partial charge in [0, 0.05) is 0 Å². The van der Waals surface area contributed by atoms with Crippen molar-refractivity contribution in [3.05, 3.63) is 59.7 Å². The first-order valence-corrected chi connectivity index (χ1v) is 8.98. The molecule has 2 aromatic rings. The van der Waals surface area contributed by atoms with Crippen LogP contribution in [0.15, 0.2) is 58.8 Å². The fourth-order valence-electron chi connectivity index (χ4n) is 2.46. The number of rotatable bonds is 10. The molecule has 0 amide bonds. The van der Waals surface area contributed by atoms with Crippen molar-refractivity contribution in [1.82, 2.24) is 0 Å². The summed E-state index contributed by atoms with van der Waals surface area (Å²) in [6, 6.07) is 15.0. The third-order valence-corrected chi connectivity index (χ3v) is 4.17. The Kier molecular flexibility index (Phi) is 8.16. The topological polar surface area (TPSA) is 83.6 Å². The molecule has 0 aromatic heterocycles. The lowest BCUT2D eigenvalue weighted by atomic mass is 10.1. The normalized spacial score (nSPS) is 12.1. The van der Waals surface area contributed by atoms with Gasteiger partial charge in [0.05, 0.1) is 24.6 Å². The summed E-state index contributed by atoms with van der Waals surface area (Å²) in [5, 5.41) is 23.9. The predicted octanol–water partition coefficient (Wildman–Crippen LogP) is 4.71. The van der Waals surface area contributed by atoms with Crippen LogP contribution < -0.4 is 9.47 Å². The Morgan fingerprint density at radius 2 is 1.04 bits per heavy atom. The predicted molar refractivity (Wildman–Crippen MR) is 106 cm³/mol. The van der Waals surface area contributed by atoms with Crippen LogP contribution in [-0.4, -0.2) is 35.1 Å². The van der Waals surface area contributed by atoms with E-state index in [-0.39, 0.29) is 0 Å². The van der Waals surface area contributed by atoms with Crippen molar-refractivity contribution >= 4 is 11.4 Å². The molecule has 0 saturated carbocycles. The van der Waals surface area contributed by atoms with Crippen LogP contribution in [0.25, 0.3) is 0 Å². The standard InChI is InChI=1S/C21H26N2O4/c1-16(22-24)18-6-10-20(11-7-18)26-14-4-3-5-15-27-21-12-8-19(9-13-21)17(2)23-25/h6-13,24-25H,3-5,14-15H2,1-2H3/b22-16+,23-17+. The first kappa shape index (κ1) is 20.3. The SMILES string of the molecule is C/C(=N\O)c1ccc(OCCCCCOc2ccc(/C(C)=N/O)cc2)cc1. The molecular weight excluding hydrogens is 344 g/mol. The zero-order valence-corrected chi connectivity index (χ0v) is 15.8. The van der Waals surface area contributed by atoms with Crippen molar-refractivity contribution in [2.75, 3.05) is 13.2 Å². The molecule has 0 saturated heterocycles. The first-order chi connectivity index (χ1) is 13.1. The van der Waals surface area contributed by atoms with Crippen LogP contribution in [0.3, 0.4) is 0 Å². The Hall–Kier alpha value is -3.02. The molecule has 2 N–H and O–H groups in total. The van der Waals surface area contributed by atoms with E-state index in [0.29, 0.717) is 24.6 Å². The maximum Gasteiger partial charge on any atom is 0.119 e. The van der Waals surface area contributed by atoms with Gasteiger partial charge < -0.3 is 19.9 Å². The summed E-state index contributed by atoms with van der Waals surface area (Å²) in [7, 11) is 0. The van der Waals surface area contributed by atoms with Gasteiger partial charge in [0.1, 0.15) is 11.5 Å². The zero-order chi connectivity index (χ0) is 19.5. The minimum absolute atomic E-state index is 0.577. The quantitative estimate of drug-likeness (QED) is 0.274. The zero-order valence-electron chi connectivity index (χ0n) is 15.8. The molecule has 0 fully saturated rings. The monoisotopic (exact) mass is 370 g/mol. The van der Waals surface area contributed by atoms with E-state index in [0.717, 1.165) is 41.9 Å². The number of hydrogen-bond acceptors (Lipinski definition) is 6. The molecule has 0 heterocycles. The molecule has 144 valence electrons. The van der Waals surface area contributed by atoms with Crippen molar-refractivity contribution in [3.63, 3.8) is 0 Å². The highest BCUT2D eigenvalue weighted by atomic mass is 16.5. The molecule has 0 radical (unpaired) electrons. The van der Waals surface area contributed by atoms with Gasteiger partial charge >= 0.3 is 0 Å². The molecule has 0 bridgehead atoms. The Bertz CT molecular complexity index is 687. The molecule has 0 atom stereocenters. The number of oxime groups is 2. The third kappa shape index (κ3) is 6.66. The second kappa shape index (κ2) is 10.9. The molecule has 0 aliphatic carbocycles. The van der Waals surface area contributed by atoms with Crippen molar-refractivity contribution < 1.29 is 19.9 Å². The fraction of sp³-hybridized carbons (Fsp3) is 0.333. The maximum atomic E-state index is 8.75. The maximum absolute atomic E-state index is 8.75. The molecule has 0 unspecified atom stereocenters. The minimum atomic E-state index is 0.577. The summed E-state index contributed by atoms with van der Waals surface area (Å²) in [5.41, 5.74) is 2.89. The first-order valence-electron chi connectivity index (χ1n) is 8.98. The Labute approximate surface area is 159 Å². The summed E-state index contributed by atoms with van der Waals surface area (Å²) in [6.45, 7) is 4.80. The van der Waals surface area contributed by atoms with Crippen LogP contribution in [0.2, 0.25) is 0 Å². The number of hydrogen-bond donors (Lipinski definition) is 2. The lowest BCUT2D eigenvalue weighted by Crippen LogP contribution is -2.02. The Morgan fingerprint density at radius 1 is 0.667 bits per heavy atom. The second-order valence-corrected chi connectivity index (χ2v) is 6.18. The molecular formula is C21H26N2O4. The van der Waals surface area contributed by atoms with Gasteiger partial charge in [-0.15, -0.1) is 0 Å². The highest BCUT2D eigenvalue weighted by Gasteiger charge is 2.01. The molecule has 6 nitrogen and oxygen atoms in total. The molecule has 0 aliphatic heterocycles. The van der Waals surface area contributed by atoms with Crippen molar-refractivity contribution in [2.45, 2.75) is 33.1 Å². The Balaban J connectivity index is 1.59. The number of unbranched alkanes of at least 4 members (excludes halogenated alkanes) is 2. The molecule has 27 heavy (non-hydrogen) atoms. The van der Waals surface area contributed by atoms with E-state index in [1.165, 1.54) is 0 Å². The van der Waals surface area contributed by atoms with Gasteiger partial charge in [0.2, 0.25) is 0 Å². The van der Waals surface area contributed by atoms with Crippen LogP contribution in [0, 0.1) is 0 Å². The minimum Gasteiger partial charge on any atom is -0.494 e. The highest BCUT2D eigenvalue weighted by molar-refractivity contribution is 5.98. The van der Waals surface area contributed by atoms with Gasteiger partial charge in [-0.05, 0) is 92.8 Å².